The first-order chi connectivity index (χ1) is 8.15. The van der Waals surface area contributed by atoms with Gasteiger partial charge in [0.2, 0.25) is 0 Å². The van der Waals surface area contributed by atoms with Crippen LogP contribution in [0.1, 0.15) is 29.8 Å². The SMILES string of the molecule is Cc1cc(NC(CN)C2CC2)c(C#N)c(C)n1. The van der Waals surface area contributed by atoms with Crippen LogP contribution < -0.4 is 11.1 Å². The molecule has 1 atom stereocenters. The average Bonchev–Trinajstić information content (AvgIpc) is 3.09. The van der Waals surface area contributed by atoms with Crippen molar-refractivity contribution in [1.82, 2.24) is 4.98 Å². The van der Waals surface area contributed by atoms with Crippen molar-refractivity contribution in [2.45, 2.75) is 32.7 Å². The van der Waals surface area contributed by atoms with Crippen molar-refractivity contribution < 1.29 is 0 Å². The molecule has 3 N–H and O–H groups in total. The van der Waals surface area contributed by atoms with Gasteiger partial charge in [0.25, 0.3) is 0 Å². The smallest absolute Gasteiger partial charge is 0.103 e. The van der Waals surface area contributed by atoms with Gasteiger partial charge in [0.1, 0.15) is 6.07 Å². The molecular weight excluding hydrogens is 212 g/mol. The van der Waals surface area contributed by atoms with Gasteiger partial charge in [-0.15, -0.1) is 0 Å². The van der Waals surface area contributed by atoms with Crippen molar-refractivity contribution in [2.24, 2.45) is 11.7 Å². The third-order valence-corrected chi connectivity index (χ3v) is 3.23. The molecule has 1 aromatic heterocycles. The number of pyridine rings is 1. The van der Waals surface area contributed by atoms with E-state index in [0.717, 1.165) is 17.1 Å². The summed E-state index contributed by atoms with van der Waals surface area (Å²) in [5.74, 6) is 0.667. The maximum absolute atomic E-state index is 9.17. The van der Waals surface area contributed by atoms with Gasteiger partial charge in [0.15, 0.2) is 0 Å². The Morgan fingerprint density at radius 2 is 2.29 bits per heavy atom. The molecule has 4 heteroatoms. The maximum atomic E-state index is 9.17. The van der Waals surface area contributed by atoms with Gasteiger partial charge in [0.05, 0.1) is 16.9 Å². The summed E-state index contributed by atoms with van der Waals surface area (Å²) in [5, 5.41) is 12.6. The Labute approximate surface area is 102 Å². The van der Waals surface area contributed by atoms with Gasteiger partial charge in [-0.2, -0.15) is 5.26 Å². The Hall–Kier alpha value is -1.60. The molecule has 1 aliphatic carbocycles. The van der Waals surface area contributed by atoms with E-state index in [0.29, 0.717) is 18.0 Å². The Morgan fingerprint density at radius 1 is 1.59 bits per heavy atom. The largest absolute Gasteiger partial charge is 0.380 e. The van der Waals surface area contributed by atoms with E-state index in [1.807, 2.05) is 19.9 Å². The highest BCUT2D eigenvalue weighted by Gasteiger charge is 2.30. The predicted molar refractivity (Wildman–Crippen MR) is 67.6 cm³/mol. The Balaban J connectivity index is 2.27. The van der Waals surface area contributed by atoms with Gasteiger partial charge < -0.3 is 11.1 Å². The molecule has 1 aromatic rings. The zero-order valence-electron chi connectivity index (χ0n) is 10.3. The van der Waals surface area contributed by atoms with Crippen molar-refractivity contribution in [1.29, 1.82) is 5.26 Å². The minimum Gasteiger partial charge on any atom is -0.380 e. The molecule has 1 fully saturated rings. The van der Waals surface area contributed by atoms with Crippen molar-refractivity contribution in [3.05, 3.63) is 23.0 Å². The second kappa shape index (κ2) is 4.72. The van der Waals surface area contributed by atoms with Crippen LogP contribution in [0.5, 0.6) is 0 Å². The lowest BCUT2D eigenvalue weighted by Crippen LogP contribution is -2.31. The van der Waals surface area contributed by atoms with Crippen LogP contribution in [0.4, 0.5) is 5.69 Å². The van der Waals surface area contributed by atoms with Crippen LogP contribution in [0.15, 0.2) is 6.07 Å². The van der Waals surface area contributed by atoms with Crippen molar-refractivity contribution in [2.75, 3.05) is 11.9 Å². The van der Waals surface area contributed by atoms with E-state index in [9.17, 15) is 0 Å². The quantitative estimate of drug-likeness (QED) is 0.825. The summed E-state index contributed by atoms with van der Waals surface area (Å²) in [6.45, 7) is 4.41. The summed E-state index contributed by atoms with van der Waals surface area (Å²) >= 11 is 0. The summed E-state index contributed by atoms with van der Waals surface area (Å²) in [5.41, 5.74) is 8.98. The molecule has 0 aromatic carbocycles. The fourth-order valence-corrected chi connectivity index (χ4v) is 2.15. The number of aromatic nitrogens is 1. The lowest BCUT2D eigenvalue weighted by molar-refractivity contribution is 0.644. The standard InChI is InChI=1S/C13H18N4/c1-8-5-12(11(6-14)9(2)16-8)17-13(7-15)10-3-4-10/h5,10,13H,3-4,7,15H2,1-2H3,(H,16,17). The van der Waals surface area contributed by atoms with E-state index >= 15 is 0 Å². The first kappa shape index (κ1) is 11.9. The fourth-order valence-electron chi connectivity index (χ4n) is 2.15. The normalized spacial score (nSPS) is 16.4. The monoisotopic (exact) mass is 230 g/mol. The summed E-state index contributed by atoms with van der Waals surface area (Å²) < 4.78 is 0. The van der Waals surface area contributed by atoms with E-state index < -0.39 is 0 Å². The number of nitrogens with two attached hydrogens (primary N) is 1. The van der Waals surface area contributed by atoms with Gasteiger partial charge in [-0.25, -0.2) is 0 Å². The molecule has 0 bridgehead atoms. The minimum absolute atomic E-state index is 0.281. The van der Waals surface area contributed by atoms with E-state index in [2.05, 4.69) is 16.4 Å². The third kappa shape index (κ3) is 2.56. The minimum atomic E-state index is 0.281. The van der Waals surface area contributed by atoms with Crippen LogP contribution in [0.25, 0.3) is 0 Å². The average molecular weight is 230 g/mol. The van der Waals surface area contributed by atoms with Crippen LogP contribution in [0.2, 0.25) is 0 Å². The van der Waals surface area contributed by atoms with Crippen LogP contribution in [0.3, 0.4) is 0 Å². The lowest BCUT2D eigenvalue weighted by Gasteiger charge is -2.19. The number of nitriles is 1. The third-order valence-electron chi connectivity index (χ3n) is 3.23. The maximum Gasteiger partial charge on any atom is 0.103 e. The molecule has 0 radical (unpaired) electrons. The van der Waals surface area contributed by atoms with E-state index in [4.69, 9.17) is 11.0 Å². The highest BCUT2D eigenvalue weighted by Crippen LogP contribution is 2.34. The number of anilines is 1. The Kier molecular flexibility index (Phi) is 3.30. The van der Waals surface area contributed by atoms with Gasteiger partial charge in [0, 0.05) is 18.3 Å². The molecule has 0 amide bonds. The van der Waals surface area contributed by atoms with Crippen LogP contribution >= 0.6 is 0 Å². The summed E-state index contributed by atoms with van der Waals surface area (Å²) in [6, 6.07) is 4.42. The molecule has 2 rings (SSSR count). The zero-order valence-corrected chi connectivity index (χ0v) is 10.3. The summed E-state index contributed by atoms with van der Waals surface area (Å²) in [7, 11) is 0. The van der Waals surface area contributed by atoms with Gasteiger partial charge in [-0.05, 0) is 38.7 Å². The molecule has 4 nitrogen and oxygen atoms in total. The number of nitrogens with one attached hydrogen (secondary N) is 1. The van der Waals surface area contributed by atoms with Crippen LogP contribution in [0, 0.1) is 31.1 Å². The zero-order chi connectivity index (χ0) is 12.4. The topological polar surface area (TPSA) is 74.7 Å². The highest BCUT2D eigenvalue weighted by molar-refractivity contribution is 5.60. The van der Waals surface area contributed by atoms with E-state index in [1.54, 1.807) is 0 Å². The second-order valence-corrected chi connectivity index (χ2v) is 4.71. The molecule has 0 spiro atoms. The first-order valence-corrected chi connectivity index (χ1v) is 6.00. The fraction of sp³-hybridized carbons (Fsp3) is 0.538. The van der Waals surface area contributed by atoms with Crippen LogP contribution in [-0.2, 0) is 0 Å². The first-order valence-electron chi connectivity index (χ1n) is 6.00. The molecule has 1 unspecified atom stereocenters. The molecule has 1 aliphatic rings. The van der Waals surface area contributed by atoms with Gasteiger partial charge in [-0.1, -0.05) is 0 Å². The lowest BCUT2D eigenvalue weighted by atomic mass is 10.1. The number of nitrogens with zero attached hydrogens (tertiary/aromatic N) is 2. The molecule has 0 saturated heterocycles. The Bertz CT molecular complexity index is 457. The van der Waals surface area contributed by atoms with Gasteiger partial charge >= 0.3 is 0 Å². The molecule has 90 valence electrons. The summed E-state index contributed by atoms with van der Waals surface area (Å²) in [4.78, 5) is 4.30. The number of aryl methyl sites for hydroxylation is 2. The van der Waals surface area contributed by atoms with Crippen LogP contribution in [-0.4, -0.2) is 17.6 Å². The van der Waals surface area contributed by atoms with Crippen molar-refractivity contribution >= 4 is 5.69 Å². The molecular formula is C13H18N4. The highest BCUT2D eigenvalue weighted by atomic mass is 15.0. The van der Waals surface area contributed by atoms with Crippen molar-refractivity contribution in [3.8, 4) is 6.07 Å². The molecule has 1 heterocycles. The second-order valence-electron chi connectivity index (χ2n) is 4.71. The number of hydrogen-bond acceptors (Lipinski definition) is 4. The number of rotatable bonds is 4. The van der Waals surface area contributed by atoms with Gasteiger partial charge in [-0.3, -0.25) is 4.98 Å². The molecule has 0 aliphatic heterocycles. The van der Waals surface area contributed by atoms with E-state index in [1.165, 1.54) is 12.8 Å². The Morgan fingerprint density at radius 3 is 2.82 bits per heavy atom. The molecule has 17 heavy (non-hydrogen) atoms. The number of hydrogen-bond donors (Lipinski definition) is 2. The van der Waals surface area contributed by atoms with Crippen molar-refractivity contribution in [3.63, 3.8) is 0 Å². The predicted octanol–water partition coefficient (Wildman–Crippen LogP) is 1.72. The summed E-state index contributed by atoms with van der Waals surface area (Å²) in [6.07, 6.45) is 2.47. The molecule has 1 saturated carbocycles. The van der Waals surface area contributed by atoms with E-state index in [-0.39, 0.29) is 6.04 Å².